The fourth-order valence-corrected chi connectivity index (χ4v) is 0.633. The number of benzene rings is 1. The Morgan fingerprint density at radius 2 is 1.40 bits per heavy atom. The summed E-state index contributed by atoms with van der Waals surface area (Å²) < 4.78 is 0. The van der Waals surface area contributed by atoms with Crippen LogP contribution in [0.4, 0.5) is 0 Å². The summed E-state index contributed by atoms with van der Waals surface area (Å²) in [5, 5.41) is 39.1. The molecule has 0 aromatic heterocycles. The van der Waals surface area contributed by atoms with E-state index in [4.69, 9.17) is 25.3 Å². The molecule has 1 aromatic carbocycles. The molecule has 0 aliphatic carbocycles. The third-order valence-corrected chi connectivity index (χ3v) is 1.13. The normalized spacial score (nSPS) is 7.87. The van der Waals surface area contributed by atoms with Crippen molar-refractivity contribution < 1.29 is 25.3 Å². The second kappa shape index (κ2) is 9.29. The standard InChI is InChI=1S/C7H8O2.CH5N.BH3O3/c1-5-2-3-6(8)7(9)4-5;1-2;2-1(3)4/h2-4,8-9H,1H3;2H2,1H3;2-4H. The second-order valence-corrected chi connectivity index (χ2v) is 2.34. The monoisotopic (exact) mass is 217 g/mol. The number of phenols is 2. The van der Waals surface area contributed by atoms with Crippen molar-refractivity contribution in [1.82, 2.24) is 0 Å². The average Bonchev–Trinajstić information content (AvgIpc) is 2.14. The maximum atomic E-state index is 8.85. The zero-order valence-electron chi connectivity index (χ0n) is 8.62. The molecular formula is C8H16BNO5. The third-order valence-electron chi connectivity index (χ3n) is 1.13. The molecule has 1 rings (SSSR count). The highest BCUT2D eigenvalue weighted by Gasteiger charge is 1.94. The molecule has 0 atom stereocenters. The van der Waals surface area contributed by atoms with E-state index < -0.39 is 7.32 Å². The quantitative estimate of drug-likeness (QED) is 0.242. The number of aromatic hydroxyl groups is 2. The lowest BCUT2D eigenvalue weighted by molar-refractivity contribution is 0.278. The van der Waals surface area contributed by atoms with Crippen molar-refractivity contribution in [2.75, 3.05) is 7.05 Å². The molecule has 0 aliphatic heterocycles. The zero-order valence-corrected chi connectivity index (χ0v) is 8.62. The van der Waals surface area contributed by atoms with E-state index in [9.17, 15) is 0 Å². The summed E-state index contributed by atoms with van der Waals surface area (Å²) in [7, 11) is -0.667. The fourth-order valence-electron chi connectivity index (χ4n) is 0.633. The molecule has 86 valence electrons. The van der Waals surface area contributed by atoms with Gasteiger partial charge in [-0.1, -0.05) is 6.07 Å². The van der Waals surface area contributed by atoms with Crippen LogP contribution < -0.4 is 5.73 Å². The summed E-state index contributed by atoms with van der Waals surface area (Å²) in [6, 6.07) is 4.70. The Labute approximate surface area is 88.4 Å². The minimum Gasteiger partial charge on any atom is -0.504 e. The van der Waals surface area contributed by atoms with Crippen LogP contribution in [0.5, 0.6) is 11.5 Å². The number of nitrogens with two attached hydrogens (primary N) is 1. The van der Waals surface area contributed by atoms with Crippen molar-refractivity contribution in [3.8, 4) is 11.5 Å². The van der Waals surface area contributed by atoms with Crippen molar-refractivity contribution in [2.45, 2.75) is 6.92 Å². The van der Waals surface area contributed by atoms with Gasteiger partial charge in [0.1, 0.15) is 0 Å². The topological polar surface area (TPSA) is 127 Å². The van der Waals surface area contributed by atoms with E-state index in [0.717, 1.165) is 5.56 Å². The number of hydrogen-bond acceptors (Lipinski definition) is 6. The summed E-state index contributed by atoms with van der Waals surface area (Å²) in [5.41, 5.74) is 5.44. The molecule has 0 saturated heterocycles. The predicted molar refractivity (Wildman–Crippen MR) is 57.0 cm³/mol. The van der Waals surface area contributed by atoms with Crippen LogP contribution in [0.2, 0.25) is 0 Å². The Morgan fingerprint density at radius 3 is 1.67 bits per heavy atom. The van der Waals surface area contributed by atoms with Crippen molar-refractivity contribution in [2.24, 2.45) is 5.73 Å². The lowest BCUT2D eigenvalue weighted by Crippen LogP contribution is -2.07. The molecule has 7 N–H and O–H groups in total. The number of rotatable bonds is 0. The highest BCUT2D eigenvalue weighted by atomic mass is 16.5. The predicted octanol–water partition coefficient (Wildman–Crippen LogP) is -1.07. The van der Waals surface area contributed by atoms with Gasteiger partial charge in [0.15, 0.2) is 11.5 Å². The van der Waals surface area contributed by atoms with Gasteiger partial charge < -0.3 is 31.0 Å². The fraction of sp³-hybridized carbons (Fsp3) is 0.250. The van der Waals surface area contributed by atoms with E-state index in [2.05, 4.69) is 5.73 Å². The molecule has 0 spiro atoms. The van der Waals surface area contributed by atoms with Gasteiger partial charge in [-0.25, -0.2) is 0 Å². The first-order chi connectivity index (χ1) is 6.93. The van der Waals surface area contributed by atoms with Crippen LogP contribution in [0, 0.1) is 6.92 Å². The molecule has 0 radical (unpaired) electrons. The highest BCUT2D eigenvalue weighted by Crippen LogP contribution is 2.23. The van der Waals surface area contributed by atoms with Gasteiger partial charge in [-0.2, -0.15) is 0 Å². The molecule has 0 saturated carbocycles. The second-order valence-electron chi connectivity index (χ2n) is 2.34. The Hall–Kier alpha value is -1.28. The van der Waals surface area contributed by atoms with Crippen LogP contribution in [0.1, 0.15) is 5.56 Å². The molecule has 7 heteroatoms. The average molecular weight is 217 g/mol. The van der Waals surface area contributed by atoms with E-state index in [1.54, 1.807) is 6.07 Å². The number of aryl methyl sites for hydroxylation is 1. The van der Waals surface area contributed by atoms with Crippen LogP contribution in [0.15, 0.2) is 18.2 Å². The van der Waals surface area contributed by atoms with Crippen LogP contribution in [-0.2, 0) is 0 Å². The van der Waals surface area contributed by atoms with Gasteiger partial charge in [-0.05, 0) is 31.7 Å². The van der Waals surface area contributed by atoms with Gasteiger partial charge in [0.05, 0.1) is 0 Å². The third kappa shape index (κ3) is 10.6. The molecule has 0 heterocycles. The van der Waals surface area contributed by atoms with Crippen LogP contribution in [-0.4, -0.2) is 39.7 Å². The van der Waals surface area contributed by atoms with Crippen molar-refractivity contribution in [3.63, 3.8) is 0 Å². The molecule has 0 fully saturated rings. The lowest BCUT2D eigenvalue weighted by atomic mass is 10.2. The summed E-state index contributed by atoms with van der Waals surface area (Å²) in [4.78, 5) is 0. The van der Waals surface area contributed by atoms with Gasteiger partial charge >= 0.3 is 7.32 Å². The molecular weight excluding hydrogens is 201 g/mol. The summed E-state index contributed by atoms with van der Waals surface area (Å²) >= 11 is 0. The minimum atomic E-state index is -2.17. The maximum Gasteiger partial charge on any atom is 0.631 e. The minimum absolute atomic E-state index is 0.0602. The summed E-state index contributed by atoms with van der Waals surface area (Å²) in [6.45, 7) is 1.85. The van der Waals surface area contributed by atoms with Gasteiger partial charge in [0, 0.05) is 0 Å². The number of hydrogen-bond donors (Lipinski definition) is 6. The van der Waals surface area contributed by atoms with Crippen molar-refractivity contribution >= 4 is 7.32 Å². The Kier molecular flexibility index (Phi) is 10.0. The first-order valence-corrected chi connectivity index (χ1v) is 4.04. The van der Waals surface area contributed by atoms with E-state index >= 15 is 0 Å². The Morgan fingerprint density at radius 1 is 1.00 bits per heavy atom. The molecule has 0 amide bonds. The largest absolute Gasteiger partial charge is 0.631 e. The zero-order chi connectivity index (χ0) is 12.4. The first-order valence-electron chi connectivity index (χ1n) is 4.04. The summed E-state index contributed by atoms with van der Waals surface area (Å²) in [6.07, 6.45) is 0. The van der Waals surface area contributed by atoms with Crippen molar-refractivity contribution in [1.29, 1.82) is 0 Å². The molecule has 0 unspecified atom stereocenters. The first kappa shape index (κ1) is 16.2. The Bertz CT molecular complexity index is 266. The lowest BCUT2D eigenvalue weighted by Gasteiger charge is -1.95. The van der Waals surface area contributed by atoms with E-state index in [1.165, 1.54) is 19.2 Å². The van der Waals surface area contributed by atoms with E-state index in [0.29, 0.717) is 0 Å². The maximum absolute atomic E-state index is 8.85. The van der Waals surface area contributed by atoms with Crippen LogP contribution in [0.25, 0.3) is 0 Å². The molecule has 0 bridgehead atoms. The SMILES string of the molecule is CN.Cc1ccc(O)c(O)c1.OB(O)O. The van der Waals surface area contributed by atoms with Gasteiger partial charge in [0.2, 0.25) is 0 Å². The molecule has 6 nitrogen and oxygen atoms in total. The molecule has 0 aliphatic rings. The Balaban J connectivity index is 0. The van der Waals surface area contributed by atoms with E-state index in [-0.39, 0.29) is 11.5 Å². The van der Waals surface area contributed by atoms with Gasteiger partial charge in [-0.3, -0.25) is 0 Å². The highest BCUT2D eigenvalue weighted by molar-refractivity contribution is 6.30. The molecule has 1 aromatic rings. The van der Waals surface area contributed by atoms with E-state index in [1.807, 2.05) is 6.92 Å². The van der Waals surface area contributed by atoms with Crippen LogP contribution >= 0.6 is 0 Å². The van der Waals surface area contributed by atoms with Crippen molar-refractivity contribution in [3.05, 3.63) is 23.8 Å². The summed E-state index contributed by atoms with van der Waals surface area (Å²) in [5.74, 6) is -0.129. The number of phenolic OH excluding ortho intramolecular Hbond substituents is 2. The van der Waals surface area contributed by atoms with Gasteiger partial charge in [-0.15, -0.1) is 0 Å². The smallest absolute Gasteiger partial charge is 0.504 e. The van der Waals surface area contributed by atoms with Gasteiger partial charge in [0.25, 0.3) is 0 Å². The molecule has 15 heavy (non-hydrogen) atoms. The van der Waals surface area contributed by atoms with Crippen LogP contribution in [0.3, 0.4) is 0 Å².